The van der Waals surface area contributed by atoms with Crippen molar-refractivity contribution >= 4 is 16.8 Å². The molecular formula is C18H21F3N2O2. The number of alkyl halides is 3. The fourth-order valence-electron chi connectivity index (χ4n) is 3.40. The van der Waals surface area contributed by atoms with Crippen LogP contribution in [-0.2, 0) is 16.0 Å². The van der Waals surface area contributed by atoms with E-state index in [9.17, 15) is 18.0 Å². The quantitative estimate of drug-likeness (QED) is 0.898. The van der Waals surface area contributed by atoms with Crippen LogP contribution in [0.3, 0.4) is 0 Å². The van der Waals surface area contributed by atoms with Gasteiger partial charge in [0.05, 0.1) is 19.6 Å². The highest BCUT2D eigenvalue weighted by molar-refractivity contribution is 5.92. The number of H-pyrrole nitrogens is 1. The molecule has 25 heavy (non-hydrogen) atoms. The van der Waals surface area contributed by atoms with E-state index < -0.39 is 18.8 Å². The van der Waals surface area contributed by atoms with Crippen molar-refractivity contribution in [3.63, 3.8) is 0 Å². The molecule has 1 aromatic carbocycles. The monoisotopic (exact) mass is 354 g/mol. The molecule has 4 nitrogen and oxygen atoms in total. The first kappa shape index (κ1) is 17.8. The summed E-state index contributed by atoms with van der Waals surface area (Å²) in [5, 5.41) is 0.962. The summed E-state index contributed by atoms with van der Waals surface area (Å²) >= 11 is 0. The number of aromatic amines is 1. The van der Waals surface area contributed by atoms with Gasteiger partial charge in [-0.25, -0.2) is 0 Å². The van der Waals surface area contributed by atoms with Crippen LogP contribution in [-0.4, -0.2) is 47.8 Å². The number of nitrogens with zero attached hydrogens (tertiary/aromatic N) is 1. The maximum Gasteiger partial charge on any atom is 0.416 e. The third-order valence-electron chi connectivity index (χ3n) is 4.68. The SMILES string of the molecule is Cc1cc(C)c2[nH]c(C)c(CC(=O)N3CCO[C@@H](C(F)(F)F)C3)c2c1. The number of halogens is 3. The molecule has 1 saturated heterocycles. The van der Waals surface area contributed by atoms with E-state index in [4.69, 9.17) is 4.74 Å². The predicted molar refractivity (Wildman–Crippen MR) is 88.6 cm³/mol. The first-order valence-corrected chi connectivity index (χ1v) is 8.21. The van der Waals surface area contributed by atoms with E-state index in [-0.39, 0.29) is 25.5 Å². The van der Waals surface area contributed by atoms with E-state index in [2.05, 4.69) is 11.1 Å². The molecule has 1 aliphatic heterocycles. The van der Waals surface area contributed by atoms with Crippen molar-refractivity contribution in [1.82, 2.24) is 9.88 Å². The number of hydrogen-bond acceptors (Lipinski definition) is 2. The fraction of sp³-hybridized carbons (Fsp3) is 0.500. The number of aromatic nitrogens is 1. The second-order valence-electron chi connectivity index (χ2n) is 6.65. The number of fused-ring (bicyclic) bond motifs is 1. The summed E-state index contributed by atoms with van der Waals surface area (Å²) in [5.74, 6) is -0.305. The van der Waals surface area contributed by atoms with Crippen molar-refractivity contribution in [2.24, 2.45) is 0 Å². The molecule has 0 bridgehead atoms. The summed E-state index contributed by atoms with van der Waals surface area (Å²) in [7, 11) is 0. The van der Waals surface area contributed by atoms with Crippen LogP contribution >= 0.6 is 0 Å². The number of amides is 1. The van der Waals surface area contributed by atoms with E-state index in [1.54, 1.807) is 0 Å². The minimum absolute atomic E-state index is 0.0826. The van der Waals surface area contributed by atoms with E-state index in [1.807, 2.05) is 26.8 Å². The zero-order valence-corrected chi connectivity index (χ0v) is 14.5. The Labute approximate surface area is 143 Å². The van der Waals surface area contributed by atoms with Crippen molar-refractivity contribution in [2.45, 2.75) is 39.5 Å². The highest BCUT2D eigenvalue weighted by Crippen LogP contribution is 2.29. The summed E-state index contributed by atoms with van der Waals surface area (Å²) in [6, 6.07) is 4.06. The Balaban J connectivity index is 1.84. The number of hydrogen-bond donors (Lipinski definition) is 1. The zero-order chi connectivity index (χ0) is 18.4. The molecule has 3 rings (SSSR count). The van der Waals surface area contributed by atoms with Gasteiger partial charge in [0.25, 0.3) is 0 Å². The third-order valence-corrected chi connectivity index (χ3v) is 4.68. The highest BCUT2D eigenvalue weighted by atomic mass is 19.4. The number of rotatable bonds is 2. The van der Waals surface area contributed by atoms with Gasteiger partial charge in [-0.05, 0) is 38.0 Å². The Bertz CT molecular complexity index is 811. The number of carbonyl (C=O) groups is 1. The van der Waals surface area contributed by atoms with Gasteiger partial charge in [-0.15, -0.1) is 0 Å². The van der Waals surface area contributed by atoms with Gasteiger partial charge in [-0.2, -0.15) is 13.2 Å². The van der Waals surface area contributed by atoms with E-state index in [0.29, 0.717) is 0 Å². The summed E-state index contributed by atoms with van der Waals surface area (Å²) in [6.45, 7) is 5.51. The number of aryl methyl sites for hydroxylation is 3. The van der Waals surface area contributed by atoms with Crippen LogP contribution in [0.15, 0.2) is 12.1 Å². The van der Waals surface area contributed by atoms with Gasteiger partial charge in [0, 0.05) is 23.1 Å². The van der Waals surface area contributed by atoms with Crippen molar-refractivity contribution < 1.29 is 22.7 Å². The molecule has 2 heterocycles. The van der Waals surface area contributed by atoms with Gasteiger partial charge in [0.15, 0.2) is 6.10 Å². The molecule has 7 heteroatoms. The largest absolute Gasteiger partial charge is 0.416 e. The van der Waals surface area contributed by atoms with E-state index >= 15 is 0 Å². The van der Waals surface area contributed by atoms with Crippen LogP contribution in [0, 0.1) is 20.8 Å². The molecule has 0 aliphatic carbocycles. The van der Waals surface area contributed by atoms with Gasteiger partial charge in [-0.3, -0.25) is 4.79 Å². The first-order valence-electron chi connectivity index (χ1n) is 8.21. The number of morpholine rings is 1. The molecule has 0 spiro atoms. The lowest BCUT2D eigenvalue weighted by Gasteiger charge is -2.33. The minimum Gasteiger partial charge on any atom is -0.365 e. The Morgan fingerprint density at radius 2 is 2.04 bits per heavy atom. The average Bonchev–Trinajstić information content (AvgIpc) is 2.83. The van der Waals surface area contributed by atoms with Crippen molar-refractivity contribution in [2.75, 3.05) is 19.7 Å². The second-order valence-corrected chi connectivity index (χ2v) is 6.65. The van der Waals surface area contributed by atoms with Crippen LogP contribution in [0.2, 0.25) is 0 Å². The highest BCUT2D eigenvalue weighted by Gasteiger charge is 2.44. The van der Waals surface area contributed by atoms with Gasteiger partial charge in [0.1, 0.15) is 0 Å². The lowest BCUT2D eigenvalue weighted by atomic mass is 10.0. The van der Waals surface area contributed by atoms with Crippen LogP contribution < -0.4 is 0 Å². The molecule has 1 amide bonds. The lowest BCUT2D eigenvalue weighted by molar-refractivity contribution is -0.236. The maximum absolute atomic E-state index is 12.8. The molecule has 1 N–H and O–H groups in total. The fourth-order valence-corrected chi connectivity index (χ4v) is 3.40. The maximum atomic E-state index is 12.8. The van der Waals surface area contributed by atoms with Gasteiger partial charge < -0.3 is 14.6 Å². The van der Waals surface area contributed by atoms with Crippen LogP contribution in [0.1, 0.15) is 22.4 Å². The first-order chi connectivity index (χ1) is 11.7. The Kier molecular flexibility index (Phi) is 4.53. The molecule has 1 aromatic heterocycles. The smallest absolute Gasteiger partial charge is 0.365 e. The van der Waals surface area contributed by atoms with Gasteiger partial charge in [-0.1, -0.05) is 11.6 Å². The molecule has 2 aromatic rings. The second kappa shape index (κ2) is 6.37. The third kappa shape index (κ3) is 3.51. The van der Waals surface area contributed by atoms with Crippen LogP contribution in [0.4, 0.5) is 13.2 Å². The topological polar surface area (TPSA) is 45.3 Å². The van der Waals surface area contributed by atoms with Crippen molar-refractivity contribution in [3.05, 3.63) is 34.5 Å². The van der Waals surface area contributed by atoms with E-state index in [0.717, 1.165) is 33.3 Å². The molecule has 0 radical (unpaired) electrons. The van der Waals surface area contributed by atoms with Gasteiger partial charge in [0.2, 0.25) is 5.91 Å². The predicted octanol–water partition coefficient (Wildman–Crippen LogP) is 3.43. The standard InChI is InChI=1S/C18H21F3N2O2/c1-10-6-11(2)17-14(7-10)13(12(3)22-17)8-16(24)23-4-5-25-15(9-23)18(19,20)21/h6-7,15,22H,4-5,8-9H2,1-3H3/t15-/m1/s1. The number of ether oxygens (including phenoxy) is 1. The molecule has 1 fully saturated rings. The summed E-state index contributed by atoms with van der Waals surface area (Å²) < 4.78 is 43.3. The van der Waals surface area contributed by atoms with Crippen molar-refractivity contribution in [3.8, 4) is 0 Å². The molecule has 1 aliphatic rings. The Hall–Kier alpha value is -2.02. The summed E-state index contributed by atoms with van der Waals surface area (Å²) in [6.07, 6.45) is -6.28. The minimum atomic E-state index is -4.45. The Morgan fingerprint density at radius 3 is 2.72 bits per heavy atom. The van der Waals surface area contributed by atoms with Crippen LogP contribution in [0.5, 0.6) is 0 Å². The number of carbonyl (C=O) groups excluding carboxylic acids is 1. The van der Waals surface area contributed by atoms with Crippen molar-refractivity contribution in [1.29, 1.82) is 0 Å². The lowest BCUT2D eigenvalue weighted by Crippen LogP contribution is -2.51. The normalized spacial score (nSPS) is 18.8. The molecule has 1 atom stereocenters. The molecule has 0 saturated carbocycles. The molecule has 0 unspecified atom stereocenters. The number of nitrogens with one attached hydrogen (secondary N) is 1. The number of benzene rings is 1. The zero-order valence-electron chi connectivity index (χ0n) is 14.5. The average molecular weight is 354 g/mol. The summed E-state index contributed by atoms with van der Waals surface area (Å²) in [5.41, 5.74) is 4.86. The van der Waals surface area contributed by atoms with E-state index in [1.165, 1.54) is 4.90 Å². The molecular weight excluding hydrogens is 333 g/mol. The Morgan fingerprint density at radius 1 is 1.32 bits per heavy atom. The van der Waals surface area contributed by atoms with Gasteiger partial charge >= 0.3 is 6.18 Å². The molecule has 136 valence electrons. The summed E-state index contributed by atoms with van der Waals surface area (Å²) in [4.78, 5) is 17.1. The van der Waals surface area contributed by atoms with Crippen LogP contribution in [0.25, 0.3) is 10.9 Å².